The zero-order valence-corrected chi connectivity index (χ0v) is 13.6. The molecule has 0 aromatic heterocycles. The molecule has 0 amide bonds. The molecular formula is C17H16N2O6. The van der Waals surface area contributed by atoms with E-state index >= 15 is 0 Å². The Morgan fingerprint density at radius 1 is 1.16 bits per heavy atom. The Hall–Kier alpha value is -3.42. The fourth-order valence-corrected chi connectivity index (χ4v) is 2.10. The minimum Gasteiger partial charge on any atom is -0.497 e. The molecule has 25 heavy (non-hydrogen) atoms. The molecule has 0 fully saturated rings. The molecule has 2 rings (SSSR count). The van der Waals surface area contributed by atoms with Crippen LogP contribution in [0.5, 0.6) is 5.75 Å². The molecule has 1 atom stereocenters. The Labute approximate surface area is 143 Å². The highest BCUT2D eigenvalue weighted by molar-refractivity contribution is 6.02. The number of nitrogens with zero attached hydrogens (tertiary/aromatic N) is 1. The van der Waals surface area contributed by atoms with E-state index in [1.165, 1.54) is 26.2 Å². The molecule has 2 aromatic rings. The lowest BCUT2D eigenvalue weighted by atomic mass is 10.1. The first kappa shape index (κ1) is 17.9. The molecule has 0 saturated heterocycles. The number of hydrogen-bond acceptors (Lipinski definition) is 7. The number of Topliss-reactive ketones (excluding diaryl/α,β-unsaturated/α-hetero) is 1. The van der Waals surface area contributed by atoms with Gasteiger partial charge in [0.15, 0.2) is 6.10 Å². The van der Waals surface area contributed by atoms with Crippen molar-refractivity contribution in [3.8, 4) is 5.75 Å². The Bertz CT molecular complexity index is 816. The number of rotatable bonds is 6. The van der Waals surface area contributed by atoms with Gasteiger partial charge in [-0.1, -0.05) is 0 Å². The lowest BCUT2D eigenvalue weighted by Crippen LogP contribution is -2.25. The first-order valence-electron chi connectivity index (χ1n) is 7.26. The van der Waals surface area contributed by atoms with E-state index in [0.717, 1.165) is 6.07 Å². The van der Waals surface area contributed by atoms with Gasteiger partial charge in [-0.25, -0.2) is 4.79 Å². The van der Waals surface area contributed by atoms with Gasteiger partial charge in [0, 0.05) is 23.4 Å². The number of hydrogen-bond donors (Lipinski definition) is 1. The van der Waals surface area contributed by atoms with Crippen LogP contribution in [-0.2, 0) is 4.74 Å². The summed E-state index contributed by atoms with van der Waals surface area (Å²) < 4.78 is 10.1. The van der Waals surface area contributed by atoms with Crippen LogP contribution in [0.2, 0.25) is 0 Å². The number of ketones is 1. The molecule has 0 bridgehead atoms. The van der Waals surface area contributed by atoms with Gasteiger partial charge >= 0.3 is 5.97 Å². The molecule has 0 aliphatic rings. The molecule has 0 aliphatic heterocycles. The van der Waals surface area contributed by atoms with Gasteiger partial charge in [-0.3, -0.25) is 14.9 Å². The summed E-state index contributed by atoms with van der Waals surface area (Å²) >= 11 is 0. The van der Waals surface area contributed by atoms with E-state index in [4.69, 9.17) is 15.2 Å². The summed E-state index contributed by atoms with van der Waals surface area (Å²) in [4.78, 5) is 34.7. The number of methoxy groups -OCH3 is 1. The molecule has 2 N–H and O–H groups in total. The van der Waals surface area contributed by atoms with Gasteiger partial charge in [-0.05, 0) is 37.3 Å². The molecule has 0 radical (unpaired) electrons. The van der Waals surface area contributed by atoms with E-state index in [9.17, 15) is 19.7 Å². The topological polar surface area (TPSA) is 122 Å². The maximum absolute atomic E-state index is 12.3. The lowest BCUT2D eigenvalue weighted by molar-refractivity contribution is -0.384. The Kier molecular flexibility index (Phi) is 5.33. The van der Waals surface area contributed by atoms with Crippen molar-refractivity contribution in [3.05, 3.63) is 63.7 Å². The van der Waals surface area contributed by atoms with Crippen LogP contribution in [0.4, 0.5) is 11.4 Å². The van der Waals surface area contributed by atoms with Crippen LogP contribution in [0, 0.1) is 10.1 Å². The average molecular weight is 344 g/mol. The first-order valence-corrected chi connectivity index (χ1v) is 7.26. The van der Waals surface area contributed by atoms with E-state index in [1.54, 1.807) is 24.3 Å². The van der Waals surface area contributed by atoms with Crippen molar-refractivity contribution in [2.45, 2.75) is 13.0 Å². The number of nitrogen functional groups attached to an aromatic ring is 1. The predicted molar refractivity (Wildman–Crippen MR) is 89.7 cm³/mol. The second kappa shape index (κ2) is 7.43. The monoisotopic (exact) mass is 344 g/mol. The van der Waals surface area contributed by atoms with Crippen molar-refractivity contribution in [1.82, 2.24) is 0 Å². The standard InChI is InChI=1S/C17H16N2O6/c1-10(16(20)11-3-6-13(24-2)7-4-11)25-17(21)14-9-12(19(22)23)5-8-15(14)18/h3-10H,18H2,1-2H3/t10-/m0/s1. The summed E-state index contributed by atoms with van der Waals surface area (Å²) in [5.74, 6) is -0.735. The Morgan fingerprint density at radius 3 is 2.36 bits per heavy atom. The van der Waals surface area contributed by atoms with Crippen LogP contribution < -0.4 is 10.5 Å². The van der Waals surface area contributed by atoms with Crippen LogP contribution >= 0.6 is 0 Å². The van der Waals surface area contributed by atoms with Gasteiger partial charge in [-0.15, -0.1) is 0 Å². The first-order chi connectivity index (χ1) is 11.8. The summed E-state index contributed by atoms with van der Waals surface area (Å²) in [5, 5.41) is 10.8. The number of carbonyl (C=O) groups excluding carboxylic acids is 2. The van der Waals surface area contributed by atoms with Crippen LogP contribution in [0.1, 0.15) is 27.6 Å². The summed E-state index contributed by atoms with van der Waals surface area (Å²) in [7, 11) is 1.50. The highest BCUT2D eigenvalue weighted by Crippen LogP contribution is 2.21. The second-order valence-corrected chi connectivity index (χ2v) is 5.17. The molecule has 0 aliphatic carbocycles. The van der Waals surface area contributed by atoms with Crippen molar-refractivity contribution in [1.29, 1.82) is 0 Å². The van der Waals surface area contributed by atoms with E-state index in [0.29, 0.717) is 11.3 Å². The summed E-state index contributed by atoms with van der Waals surface area (Å²) in [5.41, 5.74) is 5.57. The summed E-state index contributed by atoms with van der Waals surface area (Å²) in [6, 6.07) is 9.76. The number of ether oxygens (including phenoxy) is 2. The van der Waals surface area contributed by atoms with Gasteiger partial charge in [0.25, 0.3) is 5.69 Å². The quantitative estimate of drug-likeness (QED) is 0.281. The highest BCUT2D eigenvalue weighted by atomic mass is 16.6. The Balaban J connectivity index is 2.15. The van der Waals surface area contributed by atoms with Crippen LogP contribution in [0.3, 0.4) is 0 Å². The molecule has 0 heterocycles. The summed E-state index contributed by atoms with van der Waals surface area (Å²) in [6.45, 7) is 1.41. The number of esters is 1. The highest BCUT2D eigenvalue weighted by Gasteiger charge is 2.23. The van der Waals surface area contributed by atoms with Crippen LogP contribution in [0.15, 0.2) is 42.5 Å². The van der Waals surface area contributed by atoms with E-state index in [1.807, 2.05) is 0 Å². The third-order valence-corrected chi connectivity index (χ3v) is 3.50. The lowest BCUT2D eigenvalue weighted by Gasteiger charge is -2.13. The van der Waals surface area contributed by atoms with E-state index in [2.05, 4.69) is 0 Å². The van der Waals surface area contributed by atoms with Crippen molar-refractivity contribution >= 4 is 23.1 Å². The SMILES string of the molecule is COc1ccc(C(=O)[C@H](C)OC(=O)c2cc([N+](=O)[O-])ccc2N)cc1. The zero-order valence-electron chi connectivity index (χ0n) is 13.6. The summed E-state index contributed by atoms with van der Waals surface area (Å²) in [6.07, 6.45) is -1.08. The van der Waals surface area contributed by atoms with Gasteiger partial charge in [0.05, 0.1) is 17.6 Å². The van der Waals surface area contributed by atoms with Crippen molar-refractivity contribution in [3.63, 3.8) is 0 Å². The molecular weight excluding hydrogens is 328 g/mol. The zero-order chi connectivity index (χ0) is 18.6. The number of nitro groups is 1. The van der Waals surface area contributed by atoms with Gasteiger partial charge in [0.1, 0.15) is 5.75 Å². The number of carbonyl (C=O) groups is 2. The van der Waals surface area contributed by atoms with Crippen LogP contribution in [0.25, 0.3) is 0 Å². The fraction of sp³-hybridized carbons (Fsp3) is 0.176. The molecule has 0 spiro atoms. The third-order valence-electron chi connectivity index (χ3n) is 3.50. The minimum absolute atomic E-state index is 0.0275. The Morgan fingerprint density at radius 2 is 1.80 bits per heavy atom. The molecule has 0 saturated carbocycles. The molecule has 0 unspecified atom stereocenters. The number of non-ortho nitro benzene ring substituents is 1. The molecule has 130 valence electrons. The normalized spacial score (nSPS) is 11.4. The predicted octanol–water partition coefficient (Wildman–Crippen LogP) is 2.61. The van der Waals surface area contributed by atoms with Crippen LogP contribution in [-0.4, -0.2) is 29.9 Å². The van der Waals surface area contributed by atoms with Crippen molar-refractivity contribution in [2.75, 3.05) is 12.8 Å². The number of nitro benzene ring substituents is 1. The smallest absolute Gasteiger partial charge is 0.341 e. The van der Waals surface area contributed by atoms with E-state index in [-0.39, 0.29) is 16.9 Å². The second-order valence-electron chi connectivity index (χ2n) is 5.17. The average Bonchev–Trinajstić information content (AvgIpc) is 2.61. The van der Waals surface area contributed by atoms with Gasteiger partial charge in [-0.2, -0.15) is 0 Å². The molecule has 2 aromatic carbocycles. The molecule has 8 heteroatoms. The maximum atomic E-state index is 12.3. The largest absolute Gasteiger partial charge is 0.497 e. The number of nitrogens with two attached hydrogens (primary N) is 1. The number of anilines is 1. The van der Waals surface area contributed by atoms with Crippen molar-refractivity contribution < 1.29 is 24.0 Å². The maximum Gasteiger partial charge on any atom is 0.341 e. The van der Waals surface area contributed by atoms with Gasteiger partial charge in [0.2, 0.25) is 5.78 Å². The number of benzene rings is 2. The van der Waals surface area contributed by atoms with E-state index < -0.39 is 22.8 Å². The fourth-order valence-electron chi connectivity index (χ4n) is 2.10. The van der Waals surface area contributed by atoms with Crippen molar-refractivity contribution in [2.24, 2.45) is 0 Å². The van der Waals surface area contributed by atoms with Gasteiger partial charge < -0.3 is 15.2 Å². The third kappa shape index (κ3) is 4.11. The molecule has 8 nitrogen and oxygen atoms in total. The minimum atomic E-state index is -1.08.